The maximum absolute atomic E-state index is 12.7. The minimum Gasteiger partial charge on any atom is -0.301 e. The van der Waals surface area contributed by atoms with Crippen LogP contribution in [0.4, 0.5) is 18.9 Å². The topological polar surface area (TPSA) is 20.3 Å². The van der Waals surface area contributed by atoms with E-state index in [2.05, 4.69) is 15.9 Å². The summed E-state index contributed by atoms with van der Waals surface area (Å²) in [5.41, 5.74) is 2.22. The molecule has 0 aromatic heterocycles. The number of carbonyl (C=O) groups excluding carboxylic acids is 1. The highest BCUT2D eigenvalue weighted by atomic mass is 79.9. The zero-order valence-corrected chi connectivity index (χ0v) is 13.7. The maximum Gasteiger partial charge on any atom is 0.471 e. The lowest BCUT2D eigenvalue weighted by molar-refractivity contribution is -0.170. The SMILES string of the molecule is CC1Cc2cc(CC(C)(C)Br)ccc2N1C(=O)C(F)(F)F. The molecule has 1 amide bonds. The summed E-state index contributed by atoms with van der Waals surface area (Å²) in [5, 5.41) is 0. The van der Waals surface area contributed by atoms with Crippen molar-refractivity contribution in [1.29, 1.82) is 0 Å². The van der Waals surface area contributed by atoms with Crippen molar-refractivity contribution in [1.82, 2.24) is 0 Å². The van der Waals surface area contributed by atoms with Gasteiger partial charge < -0.3 is 4.90 Å². The highest BCUT2D eigenvalue weighted by Gasteiger charge is 2.46. The van der Waals surface area contributed by atoms with Gasteiger partial charge in [0.05, 0.1) is 0 Å². The van der Waals surface area contributed by atoms with Gasteiger partial charge in [0, 0.05) is 16.1 Å². The van der Waals surface area contributed by atoms with Crippen molar-refractivity contribution in [3.63, 3.8) is 0 Å². The molecule has 2 rings (SSSR count). The fourth-order valence-corrected chi connectivity index (χ4v) is 3.05. The maximum atomic E-state index is 12.7. The first kappa shape index (κ1) is 16.3. The molecule has 0 aliphatic carbocycles. The van der Waals surface area contributed by atoms with Crippen LogP contribution >= 0.6 is 15.9 Å². The van der Waals surface area contributed by atoms with Gasteiger partial charge in [0.25, 0.3) is 0 Å². The van der Waals surface area contributed by atoms with Crippen molar-refractivity contribution in [2.75, 3.05) is 4.90 Å². The van der Waals surface area contributed by atoms with Crippen molar-refractivity contribution in [3.8, 4) is 0 Å². The molecule has 0 spiro atoms. The number of carbonyl (C=O) groups is 1. The summed E-state index contributed by atoms with van der Waals surface area (Å²) in [4.78, 5) is 12.4. The third-order valence-corrected chi connectivity index (χ3v) is 3.73. The highest BCUT2D eigenvalue weighted by Crippen LogP contribution is 2.36. The van der Waals surface area contributed by atoms with Crippen LogP contribution < -0.4 is 4.90 Å². The molecular weight excluding hydrogens is 347 g/mol. The van der Waals surface area contributed by atoms with E-state index in [0.717, 1.165) is 22.4 Å². The Kier molecular flexibility index (Phi) is 4.12. The monoisotopic (exact) mass is 363 g/mol. The van der Waals surface area contributed by atoms with E-state index in [1.165, 1.54) is 0 Å². The van der Waals surface area contributed by atoms with Crippen LogP contribution in [0, 0.1) is 0 Å². The number of anilines is 1. The van der Waals surface area contributed by atoms with E-state index in [1.54, 1.807) is 19.1 Å². The second-order valence-corrected chi connectivity index (χ2v) is 8.23. The van der Waals surface area contributed by atoms with Crippen LogP contribution in [0.1, 0.15) is 31.9 Å². The molecule has 6 heteroatoms. The third kappa shape index (κ3) is 3.59. The Balaban J connectivity index is 2.33. The van der Waals surface area contributed by atoms with E-state index in [9.17, 15) is 18.0 Å². The van der Waals surface area contributed by atoms with Crippen LogP contribution in [0.2, 0.25) is 0 Å². The Labute approximate surface area is 130 Å². The van der Waals surface area contributed by atoms with Gasteiger partial charge in [-0.2, -0.15) is 13.2 Å². The van der Waals surface area contributed by atoms with Gasteiger partial charge in [-0.3, -0.25) is 4.79 Å². The molecular formula is C15H17BrF3NO. The van der Waals surface area contributed by atoms with Crippen LogP contribution in [0.15, 0.2) is 18.2 Å². The van der Waals surface area contributed by atoms with E-state index in [4.69, 9.17) is 0 Å². The first-order valence-corrected chi connectivity index (χ1v) is 7.49. The number of fused-ring (bicyclic) bond motifs is 1. The highest BCUT2D eigenvalue weighted by molar-refractivity contribution is 9.10. The summed E-state index contributed by atoms with van der Waals surface area (Å²) in [6, 6.07) is 4.84. The van der Waals surface area contributed by atoms with Crippen LogP contribution in [0.25, 0.3) is 0 Å². The van der Waals surface area contributed by atoms with Crippen molar-refractivity contribution in [3.05, 3.63) is 29.3 Å². The second-order valence-electron chi connectivity index (χ2n) is 6.08. The van der Waals surface area contributed by atoms with Gasteiger partial charge in [-0.1, -0.05) is 28.1 Å². The standard InChI is InChI=1S/C15H17BrF3NO/c1-9-6-11-7-10(8-14(2,3)16)4-5-12(11)20(9)13(21)15(17,18)19/h4-5,7,9H,6,8H2,1-3H3. The number of hydrogen-bond donors (Lipinski definition) is 0. The Bertz CT molecular complexity index is 563. The van der Waals surface area contributed by atoms with Gasteiger partial charge in [0.15, 0.2) is 0 Å². The van der Waals surface area contributed by atoms with Gasteiger partial charge in [0.2, 0.25) is 0 Å². The van der Waals surface area contributed by atoms with E-state index in [0.29, 0.717) is 12.1 Å². The normalized spacial score (nSPS) is 18.8. The summed E-state index contributed by atoms with van der Waals surface area (Å²) >= 11 is 3.56. The first-order chi connectivity index (χ1) is 9.49. The lowest BCUT2D eigenvalue weighted by atomic mass is 9.99. The van der Waals surface area contributed by atoms with Gasteiger partial charge in [0.1, 0.15) is 0 Å². The van der Waals surface area contributed by atoms with E-state index >= 15 is 0 Å². The third-order valence-electron chi connectivity index (χ3n) is 3.45. The molecule has 2 nitrogen and oxygen atoms in total. The first-order valence-electron chi connectivity index (χ1n) is 6.70. The number of rotatable bonds is 2. The number of nitrogens with zero attached hydrogens (tertiary/aromatic N) is 1. The number of hydrogen-bond acceptors (Lipinski definition) is 1. The van der Waals surface area contributed by atoms with Gasteiger partial charge in [-0.15, -0.1) is 0 Å². The predicted molar refractivity (Wildman–Crippen MR) is 79.9 cm³/mol. The fourth-order valence-electron chi connectivity index (χ4n) is 2.73. The van der Waals surface area contributed by atoms with Crippen LogP contribution in [0.3, 0.4) is 0 Å². The summed E-state index contributed by atoms with van der Waals surface area (Å²) in [7, 11) is 0. The number of alkyl halides is 4. The molecule has 1 aromatic rings. The fraction of sp³-hybridized carbons (Fsp3) is 0.533. The van der Waals surface area contributed by atoms with Crippen molar-refractivity contribution in [2.24, 2.45) is 0 Å². The Hall–Kier alpha value is -1.04. The molecule has 0 N–H and O–H groups in total. The van der Waals surface area contributed by atoms with E-state index < -0.39 is 18.1 Å². The summed E-state index contributed by atoms with van der Waals surface area (Å²) in [6.07, 6.45) is -3.62. The van der Waals surface area contributed by atoms with Crippen molar-refractivity contribution >= 4 is 27.5 Å². The largest absolute Gasteiger partial charge is 0.471 e. The van der Waals surface area contributed by atoms with Gasteiger partial charge in [-0.25, -0.2) is 0 Å². The predicted octanol–water partition coefficient (Wildman–Crippen LogP) is 4.24. The molecule has 116 valence electrons. The van der Waals surface area contributed by atoms with Crippen LogP contribution in [-0.4, -0.2) is 22.4 Å². The zero-order chi connectivity index (χ0) is 16.0. The molecule has 0 saturated carbocycles. The molecule has 0 radical (unpaired) electrons. The Morgan fingerprint density at radius 2 is 2.00 bits per heavy atom. The molecule has 1 unspecified atom stereocenters. The second kappa shape index (κ2) is 5.30. The van der Waals surface area contributed by atoms with Crippen LogP contribution in [-0.2, 0) is 17.6 Å². The minimum absolute atomic E-state index is 0.0765. The number of amides is 1. The van der Waals surface area contributed by atoms with Gasteiger partial charge in [-0.05, 0) is 50.8 Å². The molecule has 0 bridgehead atoms. The summed E-state index contributed by atoms with van der Waals surface area (Å²) in [5.74, 6) is -1.79. The molecule has 1 atom stereocenters. The summed E-state index contributed by atoms with van der Waals surface area (Å²) in [6.45, 7) is 5.70. The summed E-state index contributed by atoms with van der Waals surface area (Å²) < 4.78 is 37.9. The van der Waals surface area contributed by atoms with Crippen molar-refractivity contribution < 1.29 is 18.0 Å². The van der Waals surface area contributed by atoms with E-state index in [1.807, 2.05) is 19.9 Å². The molecule has 1 aliphatic rings. The smallest absolute Gasteiger partial charge is 0.301 e. The lowest BCUT2D eigenvalue weighted by Gasteiger charge is -2.24. The Morgan fingerprint density at radius 1 is 1.38 bits per heavy atom. The minimum atomic E-state index is -4.84. The molecule has 1 heterocycles. The van der Waals surface area contributed by atoms with Crippen molar-refractivity contribution in [2.45, 2.75) is 50.2 Å². The average Bonchev–Trinajstić information content (AvgIpc) is 2.59. The van der Waals surface area contributed by atoms with Crippen LogP contribution in [0.5, 0.6) is 0 Å². The lowest BCUT2D eigenvalue weighted by Crippen LogP contribution is -2.44. The molecule has 1 aromatic carbocycles. The zero-order valence-electron chi connectivity index (χ0n) is 12.1. The number of benzene rings is 1. The quantitative estimate of drug-likeness (QED) is 0.719. The molecule has 0 saturated heterocycles. The molecule has 1 aliphatic heterocycles. The average molecular weight is 364 g/mol. The Morgan fingerprint density at radius 3 is 2.52 bits per heavy atom. The van der Waals surface area contributed by atoms with Gasteiger partial charge >= 0.3 is 12.1 Å². The molecule has 0 fully saturated rings. The molecule has 21 heavy (non-hydrogen) atoms. The van der Waals surface area contributed by atoms with E-state index in [-0.39, 0.29) is 4.32 Å². The number of halogens is 4.